The number of aliphatic hydroxyl groups excluding tert-OH is 1. The van der Waals surface area contributed by atoms with Gasteiger partial charge in [0.15, 0.2) is 11.9 Å². The number of carbonyl (C=O) groups excluding carboxylic acids is 1. The van der Waals surface area contributed by atoms with Crippen molar-refractivity contribution in [1.82, 2.24) is 0 Å². The van der Waals surface area contributed by atoms with Gasteiger partial charge in [-0.05, 0) is 13.0 Å². The number of carbonyl (C=O) groups is 2. The van der Waals surface area contributed by atoms with Crippen LogP contribution in [0.4, 0.5) is 0 Å². The topological polar surface area (TPSA) is 83.8 Å². The molecule has 0 aromatic heterocycles. The normalized spacial score (nSPS) is 11.9. The van der Waals surface area contributed by atoms with E-state index in [1.807, 2.05) is 0 Å². The Hall–Kier alpha value is -1.40. The Morgan fingerprint density at radius 1 is 1.42 bits per heavy atom. The number of carboxylic acids is 1. The minimum absolute atomic E-state index is 0.0165. The first kappa shape index (κ1) is 15.7. The van der Waals surface area contributed by atoms with Crippen LogP contribution in [-0.2, 0) is 4.79 Å². The molecule has 1 unspecified atom stereocenters. The minimum Gasteiger partial charge on any atom is -0.493 e. The number of carboxylic acid groups (broad SMARTS) is 1. The Kier molecular flexibility index (Phi) is 5.98. The standard InChI is InChI=1S/C13H15BrO5/c1-2-19-10-5-3-4-8(9(15)6-7-14)11(10)12(16)13(17)18/h3-5,12,16H,2,6-7H2,1H3,(H,17,18). The second kappa shape index (κ2) is 7.25. The van der Waals surface area contributed by atoms with Crippen molar-refractivity contribution in [1.29, 1.82) is 0 Å². The molecule has 1 rings (SSSR count). The lowest BCUT2D eigenvalue weighted by Gasteiger charge is -2.16. The van der Waals surface area contributed by atoms with Crippen molar-refractivity contribution < 1.29 is 24.5 Å². The maximum absolute atomic E-state index is 12.0. The molecule has 0 heterocycles. The quantitative estimate of drug-likeness (QED) is 0.591. The van der Waals surface area contributed by atoms with Gasteiger partial charge in [-0.25, -0.2) is 4.79 Å². The Balaban J connectivity index is 3.33. The van der Waals surface area contributed by atoms with Gasteiger partial charge in [0.1, 0.15) is 5.75 Å². The van der Waals surface area contributed by atoms with Gasteiger partial charge >= 0.3 is 5.97 Å². The van der Waals surface area contributed by atoms with Gasteiger partial charge in [-0.3, -0.25) is 4.79 Å². The van der Waals surface area contributed by atoms with Crippen LogP contribution in [0, 0.1) is 0 Å². The first-order chi connectivity index (χ1) is 9.02. The Bertz CT molecular complexity index is 472. The molecule has 1 atom stereocenters. The summed E-state index contributed by atoms with van der Waals surface area (Å²) in [7, 11) is 0. The van der Waals surface area contributed by atoms with Crippen molar-refractivity contribution in [2.75, 3.05) is 11.9 Å². The molecular formula is C13H15BrO5. The van der Waals surface area contributed by atoms with Crippen LogP contribution in [-0.4, -0.2) is 33.9 Å². The zero-order chi connectivity index (χ0) is 14.4. The lowest BCUT2D eigenvalue weighted by atomic mass is 9.97. The summed E-state index contributed by atoms with van der Waals surface area (Å²) in [6.45, 7) is 2.05. The predicted molar refractivity (Wildman–Crippen MR) is 72.9 cm³/mol. The molecule has 0 aliphatic carbocycles. The Morgan fingerprint density at radius 2 is 2.11 bits per heavy atom. The van der Waals surface area contributed by atoms with Crippen LogP contribution in [0.3, 0.4) is 0 Å². The highest BCUT2D eigenvalue weighted by atomic mass is 79.9. The summed E-state index contributed by atoms with van der Waals surface area (Å²) < 4.78 is 5.29. The molecule has 104 valence electrons. The molecule has 0 saturated carbocycles. The predicted octanol–water partition coefficient (Wildman–Crippen LogP) is 2.17. The highest BCUT2D eigenvalue weighted by Gasteiger charge is 2.26. The van der Waals surface area contributed by atoms with Gasteiger partial charge in [-0.1, -0.05) is 28.1 Å². The average Bonchev–Trinajstić information content (AvgIpc) is 2.38. The third-order valence-corrected chi connectivity index (χ3v) is 2.89. The van der Waals surface area contributed by atoms with E-state index in [0.29, 0.717) is 11.9 Å². The van der Waals surface area contributed by atoms with E-state index in [1.165, 1.54) is 12.1 Å². The number of alkyl halides is 1. The molecule has 1 aromatic carbocycles. The molecule has 2 N–H and O–H groups in total. The summed E-state index contributed by atoms with van der Waals surface area (Å²) in [5.74, 6) is -1.44. The number of Topliss-reactive ketones (excluding diaryl/α,β-unsaturated/α-hetero) is 1. The number of halogens is 1. The van der Waals surface area contributed by atoms with Crippen molar-refractivity contribution in [3.63, 3.8) is 0 Å². The third kappa shape index (κ3) is 3.78. The molecule has 0 saturated heterocycles. The van der Waals surface area contributed by atoms with Crippen LogP contribution in [0.25, 0.3) is 0 Å². The van der Waals surface area contributed by atoms with Crippen molar-refractivity contribution >= 4 is 27.7 Å². The molecule has 0 aliphatic rings. The molecule has 1 aromatic rings. The maximum Gasteiger partial charge on any atom is 0.337 e. The van der Waals surface area contributed by atoms with Crippen LogP contribution >= 0.6 is 15.9 Å². The van der Waals surface area contributed by atoms with E-state index < -0.39 is 12.1 Å². The van der Waals surface area contributed by atoms with E-state index in [4.69, 9.17) is 9.84 Å². The fourth-order valence-corrected chi connectivity index (χ4v) is 2.05. The first-order valence-corrected chi connectivity index (χ1v) is 6.90. The van der Waals surface area contributed by atoms with E-state index in [9.17, 15) is 14.7 Å². The van der Waals surface area contributed by atoms with Crippen LogP contribution in [0.1, 0.15) is 35.4 Å². The van der Waals surface area contributed by atoms with Crippen molar-refractivity contribution in [2.45, 2.75) is 19.4 Å². The van der Waals surface area contributed by atoms with Gasteiger partial charge in [-0.15, -0.1) is 0 Å². The van der Waals surface area contributed by atoms with E-state index in [1.54, 1.807) is 13.0 Å². The van der Waals surface area contributed by atoms with Crippen LogP contribution in [0.5, 0.6) is 5.75 Å². The molecule has 5 nitrogen and oxygen atoms in total. The molecule has 0 amide bonds. The summed E-state index contributed by atoms with van der Waals surface area (Å²) in [5, 5.41) is 19.2. The van der Waals surface area contributed by atoms with Gasteiger partial charge in [0.25, 0.3) is 0 Å². The van der Waals surface area contributed by atoms with Crippen LogP contribution < -0.4 is 4.74 Å². The lowest BCUT2D eigenvalue weighted by Crippen LogP contribution is -2.17. The summed E-state index contributed by atoms with van der Waals surface area (Å²) in [6.07, 6.45) is -1.56. The van der Waals surface area contributed by atoms with Gasteiger partial charge in [-0.2, -0.15) is 0 Å². The molecule has 0 spiro atoms. The van der Waals surface area contributed by atoms with E-state index in [0.717, 1.165) is 0 Å². The van der Waals surface area contributed by atoms with E-state index in [-0.39, 0.29) is 29.1 Å². The van der Waals surface area contributed by atoms with Gasteiger partial charge in [0.2, 0.25) is 0 Å². The van der Waals surface area contributed by atoms with Crippen molar-refractivity contribution in [2.24, 2.45) is 0 Å². The van der Waals surface area contributed by atoms with E-state index in [2.05, 4.69) is 15.9 Å². The average molecular weight is 331 g/mol. The van der Waals surface area contributed by atoms with Crippen molar-refractivity contribution in [3.8, 4) is 5.75 Å². The van der Waals surface area contributed by atoms with Crippen LogP contribution in [0.2, 0.25) is 0 Å². The monoisotopic (exact) mass is 330 g/mol. The smallest absolute Gasteiger partial charge is 0.337 e. The van der Waals surface area contributed by atoms with Gasteiger partial charge < -0.3 is 14.9 Å². The van der Waals surface area contributed by atoms with Gasteiger partial charge in [0, 0.05) is 22.9 Å². The second-order valence-corrected chi connectivity index (χ2v) is 4.55. The number of benzene rings is 1. The largest absolute Gasteiger partial charge is 0.493 e. The van der Waals surface area contributed by atoms with Crippen molar-refractivity contribution in [3.05, 3.63) is 29.3 Å². The first-order valence-electron chi connectivity index (χ1n) is 5.78. The lowest BCUT2D eigenvalue weighted by molar-refractivity contribution is -0.147. The number of rotatable bonds is 7. The highest BCUT2D eigenvalue weighted by Crippen LogP contribution is 2.30. The second-order valence-electron chi connectivity index (χ2n) is 3.75. The summed E-state index contributed by atoms with van der Waals surface area (Å²) >= 11 is 3.16. The summed E-state index contributed by atoms with van der Waals surface area (Å²) in [6, 6.07) is 4.63. The Labute approximate surface area is 119 Å². The van der Waals surface area contributed by atoms with E-state index >= 15 is 0 Å². The Morgan fingerprint density at radius 3 is 2.63 bits per heavy atom. The molecule has 19 heavy (non-hydrogen) atoms. The molecule has 0 aliphatic heterocycles. The molecule has 6 heteroatoms. The fraction of sp³-hybridized carbons (Fsp3) is 0.385. The molecule has 0 radical (unpaired) electrons. The molecule has 0 bridgehead atoms. The highest BCUT2D eigenvalue weighted by molar-refractivity contribution is 9.09. The number of aliphatic carboxylic acids is 1. The number of aliphatic hydroxyl groups is 1. The zero-order valence-corrected chi connectivity index (χ0v) is 12.0. The number of ether oxygens (including phenoxy) is 1. The minimum atomic E-state index is -1.78. The zero-order valence-electron chi connectivity index (χ0n) is 10.4. The van der Waals surface area contributed by atoms with Crippen LogP contribution in [0.15, 0.2) is 18.2 Å². The maximum atomic E-state index is 12.0. The summed E-state index contributed by atoms with van der Waals surface area (Å²) in [5.41, 5.74) is 0.197. The number of hydrogen-bond acceptors (Lipinski definition) is 4. The number of hydrogen-bond donors (Lipinski definition) is 2. The third-order valence-electron chi connectivity index (χ3n) is 2.50. The number of ketones is 1. The van der Waals surface area contributed by atoms with Gasteiger partial charge in [0.05, 0.1) is 6.61 Å². The fourth-order valence-electron chi connectivity index (χ4n) is 1.69. The molecule has 0 fully saturated rings. The summed E-state index contributed by atoms with van der Waals surface area (Å²) in [4.78, 5) is 22.9. The SMILES string of the molecule is CCOc1cccc(C(=O)CCBr)c1C(O)C(=O)O. The molecular weight excluding hydrogens is 316 g/mol.